The quantitative estimate of drug-likeness (QED) is 0.902. The average molecular weight is 282 g/mol. The number of nitrogens with one attached hydrogen (secondary N) is 1. The normalized spacial score (nSPS) is 14.9. The molecule has 2 rings (SSSR count). The first-order chi connectivity index (χ1) is 7.66. The van der Waals surface area contributed by atoms with E-state index < -0.39 is 0 Å². The van der Waals surface area contributed by atoms with Crippen LogP contribution in [0.4, 0.5) is 0 Å². The Balaban J connectivity index is 1.91. The zero-order valence-corrected chi connectivity index (χ0v) is 11.0. The summed E-state index contributed by atoms with van der Waals surface area (Å²) in [5.74, 6) is 0.884. The number of rotatable bonds is 4. The Morgan fingerprint density at radius 3 is 2.88 bits per heavy atom. The Labute approximate surface area is 105 Å². The number of carbonyl (C=O) groups excluding carboxylic acids is 1. The average Bonchev–Trinajstić information content (AvgIpc) is 3.01. The van der Waals surface area contributed by atoms with Gasteiger partial charge in [0.1, 0.15) is 0 Å². The van der Waals surface area contributed by atoms with E-state index in [-0.39, 0.29) is 5.91 Å². The fourth-order valence-corrected chi connectivity index (χ4v) is 2.37. The van der Waals surface area contributed by atoms with Crippen molar-refractivity contribution in [2.45, 2.75) is 26.2 Å². The van der Waals surface area contributed by atoms with Gasteiger partial charge in [-0.2, -0.15) is 0 Å². The van der Waals surface area contributed by atoms with Crippen LogP contribution in [0.5, 0.6) is 0 Å². The molecule has 16 heavy (non-hydrogen) atoms. The van der Waals surface area contributed by atoms with E-state index >= 15 is 0 Å². The van der Waals surface area contributed by atoms with Crippen LogP contribution >= 0.6 is 15.9 Å². The van der Waals surface area contributed by atoms with E-state index in [0.29, 0.717) is 0 Å². The van der Waals surface area contributed by atoms with Crippen LogP contribution in [0.2, 0.25) is 0 Å². The van der Waals surface area contributed by atoms with E-state index in [1.54, 1.807) is 0 Å². The van der Waals surface area contributed by atoms with Crippen molar-refractivity contribution in [1.29, 1.82) is 0 Å². The largest absolute Gasteiger partial charge is 0.352 e. The summed E-state index contributed by atoms with van der Waals surface area (Å²) in [6.07, 6.45) is 3.80. The van der Waals surface area contributed by atoms with Crippen LogP contribution in [0.3, 0.4) is 0 Å². The molecule has 2 nitrogen and oxygen atoms in total. The summed E-state index contributed by atoms with van der Waals surface area (Å²) < 4.78 is 0.872. The molecule has 1 aliphatic carbocycles. The minimum atomic E-state index is 0.0209. The van der Waals surface area contributed by atoms with Crippen LogP contribution < -0.4 is 5.32 Å². The van der Waals surface area contributed by atoms with E-state index in [0.717, 1.165) is 34.5 Å². The first-order valence-corrected chi connectivity index (χ1v) is 6.50. The molecule has 0 saturated heterocycles. The van der Waals surface area contributed by atoms with Gasteiger partial charge < -0.3 is 5.32 Å². The van der Waals surface area contributed by atoms with Crippen LogP contribution in [0, 0.1) is 12.8 Å². The van der Waals surface area contributed by atoms with E-state index in [4.69, 9.17) is 0 Å². The molecule has 86 valence electrons. The van der Waals surface area contributed by atoms with E-state index in [1.165, 1.54) is 12.8 Å². The van der Waals surface area contributed by atoms with Crippen molar-refractivity contribution in [3.8, 4) is 0 Å². The van der Waals surface area contributed by atoms with Crippen molar-refractivity contribution in [3.05, 3.63) is 33.8 Å². The zero-order valence-electron chi connectivity index (χ0n) is 9.42. The molecule has 3 heteroatoms. The Bertz CT molecular complexity index is 399. The monoisotopic (exact) mass is 281 g/mol. The summed E-state index contributed by atoms with van der Waals surface area (Å²) >= 11 is 3.42. The molecule has 1 N–H and O–H groups in total. The third-order valence-corrected chi connectivity index (χ3v) is 3.56. The van der Waals surface area contributed by atoms with E-state index in [9.17, 15) is 4.79 Å². The minimum Gasteiger partial charge on any atom is -0.352 e. The maximum Gasteiger partial charge on any atom is 0.252 e. The third-order valence-electron chi connectivity index (χ3n) is 2.90. The van der Waals surface area contributed by atoms with Crippen molar-refractivity contribution in [2.24, 2.45) is 5.92 Å². The molecule has 1 amide bonds. The third kappa shape index (κ3) is 3.08. The SMILES string of the molecule is Cc1ccc(C(=O)NCCC2CC2)c(Br)c1. The van der Waals surface area contributed by atoms with Gasteiger partial charge in [-0.3, -0.25) is 4.79 Å². The Kier molecular flexibility index (Phi) is 3.64. The van der Waals surface area contributed by atoms with Gasteiger partial charge in [0.25, 0.3) is 5.91 Å². The molecule has 1 fully saturated rings. The van der Waals surface area contributed by atoms with Crippen LogP contribution in [0.15, 0.2) is 22.7 Å². The lowest BCUT2D eigenvalue weighted by atomic mass is 10.1. The van der Waals surface area contributed by atoms with Crippen molar-refractivity contribution in [3.63, 3.8) is 0 Å². The lowest BCUT2D eigenvalue weighted by Gasteiger charge is -2.07. The number of hydrogen-bond donors (Lipinski definition) is 1. The summed E-state index contributed by atoms with van der Waals surface area (Å²) in [5.41, 5.74) is 1.88. The molecule has 0 bridgehead atoms. The topological polar surface area (TPSA) is 29.1 Å². The number of halogens is 1. The summed E-state index contributed by atoms with van der Waals surface area (Å²) in [6.45, 7) is 2.81. The maximum absolute atomic E-state index is 11.8. The highest BCUT2D eigenvalue weighted by Crippen LogP contribution is 2.31. The lowest BCUT2D eigenvalue weighted by molar-refractivity contribution is 0.0952. The number of aryl methyl sites for hydroxylation is 1. The molecule has 1 aromatic carbocycles. The molecule has 0 aliphatic heterocycles. The van der Waals surface area contributed by atoms with Gasteiger partial charge in [-0.25, -0.2) is 0 Å². The van der Waals surface area contributed by atoms with Crippen molar-refractivity contribution >= 4 is 21.8 Å². The van der Waals surface area contributed by atoms with Crippen molar-refractivity contribution in [1.82, 2.24) is 5.32 Å². The van der Waals surface area contributed by atoms with Gasteiger partial charge >= 0.3 is 0 Å². The Hall–Kier alpha value is -0.830. The standard InChI is InChI=1S/C13H16BrNO/c1-9-2-5-11(12(14)8-9)13(16)15-7-6-10-3-4-10/h2,5,8,10H,3-4,6-7H2,1H3,(H,15,16). The molecular weight excluding hydrogens is 266 g/mol. The molecule has 0 atom stereocenters. The summed E-state index contributed by atoms with van der Waals surface area (Å²) in [7, 11) is 0. The second-order valence-corrected chi connectivity index (χ2v) is 5.33. The van der Waals surface area contributed by atoms with Crippen LogP contribution in [-0.4, -0.2) is 12.5 Å². The second-order valence-electron chi connectivity index (χ2n) is 4.47. The van der Waals surface area contributed by atoms with Crippen LogP contribution in [-0.2, 0) is 0 Å². The molecule has 1 saturated carbocycles. The van der Waals surface area contributed by atoms with Crippen molar-refractivity contribution in [2.75, 3.05) is 6.54 Å². The Morgan fingerprint density at radius 2 is 2.25 bits per heavy atom. The smallest absolute Gasteiger partial charge is 0.252 e. The van der Waals surface area contributed by atoms with Crippen LogP contribution in [0.25, 0.3) is 0 Å². The van der Waals surface area contributed by atoms with Gasteiger partial charge in [0.15, 0.2) is 0 Å². The van der Waals surface area contributed by atoms with Gasteiger partial charge in [-0.05, 0) is 52.9 Å². The molecule has 0 aromatic heterocycles. The zero-order chi connectivity index (χ0) is 11.5. The van der Waals surface area contributed by atoms with Crippen LogP contribution in [0.1, 0.15) is 35.2 Å². The van der Waals surface area contributed by atoms with E-state index in [1.807, 2.05) is 25.1 Å². The predicted octanol–water partition coefficient (Wildman–Crippen LogP) is 3.29. The fraction of sp³-hybridized carbons (Fsp3) is 0.462. The molecule has 1 aliphatic rings. The molecule has 0 heterocycles. The highest BCUT2D eigenvalue weighted by atomic mass is 79.9. The van der Waals surface area contributed by atoms with Crippen molar-refractivity contribution < 1.29 is 4.79 Å². The minimum absolute atomic E-state index is 0.0209. The van der Waals surface area contributed by atoms with Gasteiger partial charge in [0.05, 0.1) is 5.56 Å². The Morgan fingerprint density at radius 1 is 1.50 bits per heavy atom. The highest BCUT2D eigenvalue weighted by Gasteiger charge is 2.20. The first kappa shape index (κ1) is 11.6. The first-order valence-electron chi connectivity index (χ1n) is 5.71. The number of amides is 1. The maximum atomic E-state index is 11.8. The molecule has 1 aromatic rings. The number of hydrogen-bond acceptors (Lipinski definition) is 1. The summed E-state index contributed by atoms with van der Waals surface area (Å²) in [6, 6.07) is 5.79. The molecule has 0 unspecified atom stereocenters. The van der Waals surface area contributed by atoms with E-state index in [2.05, 4.69) is 21.2 Å². The molecule has 0 radical (unpaired) electrons. The highest BCUT2D eigenvalue weighted by molar-refractivity contribution is 9.10. The van der Waals surface area contributed by atoms with Gasteiger partial charge in [0.2, 0.25) is 0 Å². The van der Waals surface area contributed by atoms with Gasteiger partial charge in [-0.15, -0.1) is 0 Å². The molecular formula is C13H16BrNO. The number of carbonyl (C=O) groups is 1. The summed E-state index contributed by atoms with van der Waals surface area (Å²) in [4.78, 5) is 11.8. The fourth-order valence-electron chi connectivity index (χ4n) is 1.70. The lowest BCUT2D eigenvalue weighted by Crippen LogP contribution is -2.25. The second kappa shape index (κ2) is 5.00. The van der Waals surface area contributed by atoms with Gasteiger partial charge in [-0.1, -0.05) is 18.9 Å². The number of benzene rings is 1. The van der Waals surface area contributed by atoms with Gasteiger partial charge in [0, 0.05) is 11.0 Å². The molecule has 0 spiro atoms. The predicted molar refractivity (Wildman–Crippen MR) is 68.6 cm³/mol. The summed E-state index contributed by atoms with van der Waals surface area (Å²) in [5, 5.41) is 2.96.